The van der Waals surface area contributed by atoms with Crippen molar-refractivity contribution in [3.63, 3.8) is 0 Å². The maximum atomic E-state index is 5.70. The minimum Gasteiger partial charge on any atom is -0.406 e. The van der Waals surface area contributed by atoms with Crippen LogP contribution in [-0.4, -0.2) is 47.4 Å². The van der Waals surface area contributed by atoms with Gasteiger partial charge in [0.25, 0.3) is 9.20 Å². The topological polar surface area (TPSA) is 24.5 Å². The molecule has 4 heteroatoms. The molecule has 0 aromatic heterocycles. The number of hydrogen-bond acceptors (Lipinski definition) is 3. The van der Waals surface area contributed by atoms with E-state index < -0.39 is 9.20 Å². The van der Waals surface area contributed by atoms with Gasteiger partial charge in [-0.2, -0.15) is 0 Å². The summed E-state index contributed by atoms with van der Waals surface area (Å²) in [5, 5.41) is 0. The SMILES string of the molecule is CCCN(CCC)CC[SiH](NC)OCC. The molecule has 0 bridgehead atoms. The van der Waals surface area contributed by atoms with E-state index in [9.17, 15) is 0 Å². The second kappa shape index (κ2) is 10.6. The Balaban J connectivity index is 3.73. The smallest absolute Gasteiger partial charge is 0.253 e. The molecule has 0 heterocycles. The van der Waals surface area contributed by atoms with Crippen LogP contribution >= 0.6 is 0 Å². The van der Waals surface area contributed by atoms with Gasteiger partial charge < -0.3 is 14.3 Å². The molecule has 0 rings (SSSR count). The third-order valence-corrected chi connectivity index (χ3v) is 4.64. The van der Waals surface area contributed by atoms with Crippen LogP contribution in [0, 0.1) is 0 Å². The first-order chi connectivity index (χ1) is 7.28. The van der Waals surface area contributed by atoms with Gasteiger partial charge in [-0.3, -0.25) is 0 Å². The van der Waals surface area contributed by atoms with E-state index in [4.69, 9.17) is 4.43 Å². The van der Waals surface area contributed by atoms with E-state index >= 15 is 0 Å². The molecule has 1 atom stereocenters. The molecule has 1 unspecified atom stereocenters. The van der Waals surface area contributed by atoms with Crippen molar-refractivity contribution in [1.29, 1.82) is 0 Å². The lowest BCUT2D eigenvalue weighted by Crippen LogP contribution is -2.38. The van der Waals surface area contributed by atoms with Gasteiger partial charge >= 0.3 is 0 Å². The van der Waals surface area contributed by atoms with Gasteiger partial charge in [0.15, 0.2) is 0 Å². The van der Waals surface area contributed by atoms with Gasteiger partial charge in [0, 0.05) is 6.61 Å². The zero-order valence-electron chi connectivity index (χ0n) is 10.9. The van der Waals surface area contributed by atoms with Crippen molar-refractivity contribution in [2.75, 3.05) is 33.3 Å². The minimum atomic E-state index is -1.11. The van der Waals surface area contributed by atoms with Gasteiger partial charge in [0.2, 0.25) is 0 Å². The summed E-state index contributed by atoms with van der Waals surface area (Å²) < 4.78 is 5.70. The predicted molar refractivity (Wildman–Crippen MR) is 69.7 cm³/mol. The molecule has 0 spiro atoms. The number of hydrogen-bond donors (Lipinski definition) is 1. The highest BCUT2D eigenvalue weighted by molar-refractivity contribution is 6.48. The Bertz CT molecular complexity index is 130. The lowest BCUT2D eigenvalue weighted by Gasteiger charge is -2.23. The highest BCUT2D eigenvalue weighted by atomic mass is 28.3. The van der Waals surface area contributed by atoms with Crippen LogP contribution < -0.4 is 4.98 Å². The Morgan fingerprint density at radius 1 is 1.07 bits per heavy atom. The largest absolute Gasteiger partial charge is 0.406 e. The lowest BCUT2D eigenvalue weighted by atomic mass is 10.3. The number of rotatable bonds is 10. The third-order valence-electron chi connectivity index (χ3n) is 2.48. The van der Waals surface area contributed by atoms with Gasteiger partial charge in [0.05, 0.1) is 0 Å². The van der Waals surface area contributed by atoms with Gasteiger partial charge in [0.1, 0.15) is 0 Å². The van der Waals surface area contributed by atoms with E-state index in [2.05, 4.69) is 30.7 Å². The normalized spacial score (nSPS) is 13.4. The summed E-state index contributed by atoms with van der Waals surface area (Å²) in [6.45, 7) is 11.1. The molecule has 15 heavy (non-hydrogen) atoms. The first-order valence-electron chi connectivity index (χ1n) is 6.29. The van der Waals surface area contributed by atoms with E-state index in [0.29, 0.717) is 0 Å². The fourth-order valence-electron chi connectivity index (χ4n) is 1.78. The van der Waals surface area contributed by atoms with Gasteiger partial charge in [-0.15, -0.1) is 0 Å². The molecule has 0 saturated carbocycles. The van der Waals surface area contributed by atoms with Crippen LogP contribution in [0.25, 0.3) is 0 Å². The summed E-state index contributed by atoms with van der Waals surface area (Å²) in [6.07, 6.45) is 2.50. The molecule has 0 aliphatic carbocycles. The van der Waals surface area contributed by atoms with E-state index in [1.165, 1.54) is 38.5 Å². The number of nitrogens with one attached hydrogen (secondary N) is 1. The molecule has 0 aliphatic heterocycles. The van der Waals surface area contributed by atoms with Crippen molar-refractivity contribution in [3.05, 3.63) is 0 Å². The van der Waals surface area contributed by atoms with E-state index in [0.717, 1.165) is 6.61 Å². The van der Waals surface area contributed by atoms with Crippen molar-refractivity contribution >= 4 is 9.20 Å². The van der Waals surface area contributed by atoms with Crippen LogP contribution in [0.2, 0.25) is 6.04 Å². The van der Waals surface area contributed by atoms with Gasteiger partial charge in [-0.05, 0) is 52.5 Å². The minimum absolute atomic E-state index is 0.847. The van der Waals surface area contributed by atoms with Crippen LogP contribution in [0.15, 0.2) is 0 Å². The van der Waals surface area contributed by atoms with Crippen LogP contribution in [-0.2, 0) is 4.43 Å². The first kappa shape index (κ1) is 15.1. The third kappa shape index (κ3) is 7.96. The van der Waals surface area contributed by atoms with Gasteiger partial charge in [-0.25, -0.2) is 0 Å². The second-order valence-corrected chi connectivity index (χ2v) is 6.33. The maximum absolute atomic E-state index is 5.70. The standard InChI is InChI=1S/C11H28N2OSi/c1-5-8-13(9-6-2)10-11-15(12-4)14-7-3/h12,15H,5-11H2,1-4H3. The van der Waals surface area contributed by atoms with Crippen molar-refractivity contribution < 1.29 is 4.43 Å². The van der Waals surface area contributed by atoms with Crippen molar-refractivity contribution in [3.8, 4) is 0 Å². The Labute approximate surface area is 97.0 Å². The summed E-state index contributed by atoms with van der Waals surface area (Å²) in [5.41, 5.74) is 0. The van der Waals surface area contributed by atoms with Crippen LogP contribution in [0.3, 0.4) is 0 Å². The van der Waals surface area contributed by atoms with Crippen LogP contribution in [0.5, 0.6) is 0 Å². The summed E-state index contributed by atoms with van der Waals surface area (Å²) in [6, 6.07) is 1.21. The van der Waals surface area contributed by atoms with Crippen LogP contribution in [0.1, 0.15) is 33.6 Å². The monoisotopic (exact) mass is 232 g/mol. The Morgan fingerprint density at radius 2 is 1.67 bits per heavy atom. The summed E-state index contributed by atoms with van der Waals surface area (Å²) in [7, 11) is 0.914. The molecule has 0 aromatic rings. The van der Waals surface area contributed by atoms with Crippen molar-refractivity contribution in [2.45, 2.75) is 39.7 Å². The summed E-state index contributed by atoms with van der Waals surface area (Å²) in [4.78, 5) is 5.88. The van der Waals surface area contributed by atoms with Crippen molar-refractivity contribution in [2.24, 2.45) is 0 Å². The highest BCUT2D eigenvalue weighted by Crippen LogP contribution is 1.99. The first-order valence-corrected chi connectivity index (χ1v) is 8.16. The molecule has 3 nitrogen and oxygen atoms in total. The molecule has 92 valence electrons. The quantitative estimate of drug-likeness (QED) is 0.579. The average Bonchev–Trinajstić information content (AvgIpc) is 2.24. The van der Waals surface area contributed by atoms with E-state index in [1.807, 2.05) is 7.05 Å². The molecule has 0 saturated heterocycles. The fraction of sp³-hybridized carbons (Fsp3) is 1.00. The lowest BCUT2D eigenvalue weighted by molar-refractivity contribution is 0.276. The second-order valence-electron chi connectivity index (χ2n) is 3.86. The summed E-state index contributed by atoms with van der Waals surface area (Å²) >= 11 is 0. The van der Waals surface area contributed by atoms with E-state index in [-0.39, 0.29) is 0 Å². The van der Waals surface area contributed by atoms with E-state index in [1.54, 1.807) is 0 Å². The molecule has 0 aliphatic rings. The molecule has 0 amide bonds. The molecular weight excluding hydrogens is 204 g/mol. The predicted octanol–water partition coefficient (Wildman–Crippen LogP) is 1.58. The van der Waals surface area contributed by atoms with Crippen LogP contribution in [0.4, 0.5) is 0 Å². The zero-order valence-corrected chi connectivity index (χ0v) is 12.0. The maximum Gasteiger partial charge on any atom is 0.253 e. The summed E-state index contributed by atoms with van der Waals surface area (Å²) in [5.74, 6) is 0. The fourth-order valence-corrected chi connectivity index (χ4v) is 3.40. The Kier molecular flexibility index (Phi) is 10.7. The van der Waals surface area contributed by atoms with Crippen molar-refractivity contribution in [1.82, 2.24) is 9.88 Å². The Hall–Kier alpha value is 0.0969. The number of nitrogens with zero attached hydrogens (tertiary/aromatic N) is 1. The highest BCUT2D eigenvalue weighted by Gasteiger charge is 2.11. The molecular formula is C11H28N2OSi. The Morgan fingerprint density at radius 3 is 2.07 bits per heavy atom. The molecule has 0 aromatic carbocycles. The molecule has 0 fully saturated rings. The average molecular weight is 232 g/mol. The zero-order chi connectivity index (χ0) is 11.5. The molecule has 1 N–H and O–H groups in total. The van der Waals surface area contributed by atoms with Gasteiger partial charge in [-0.1, -0.05) is 13.8 Å². The molecule has 0 radical (unpaired) electrons.